The van der Waals surface area contributed by atoms with Crippen molar-refractivity contribution in [3.8, 4) is 5.75 Å². The summed E-state index contributed by atoms with van der Waals surface area (Å²) in [6, 6.07) is 22.1. The fourth-order valence-electron chi connectivity index (χ4n) is 3.51. The molecule has 0 aliphatic rings. The van der Waals surface area contributed by atoms with Crippen molar-refractivity contribution in [3.63, 3.8) is 0 Å². The van der Waals surface area contributed by atoms with E-state index in [1.807, 2.05) is 54.6 Å². The van der Waals surface area contributed by atoms with E-state index >= 15 is 0 Å². The lowest BCUT2D eigenvalue weighted by atomic mass is 10.2. The molecule has 2 aromatic carbocycles. The largest absolute Gasteiger partial charge is 0.497 e. The normalized spacial score (nSPS) is 10.1. The molecule has 4 aromatic rings. The number of likely N-dealkylation sites (N-methyl/N-ethyl adjacent to an activating group) is 1. The Balaban J connectivity index is 0.00000204. The maximum atomic E-state index is 5.42. The van der Waals surface area contributed by atoms with Gasteiger partial charge in [-0.05, 0) is 61.5 Å². The zero-order valence-corrected chi connectivity index (χ0v) is 22.1. The van der Waals surface area contributed by atoms with Crippen molar-refractivity contribution in [2.24, 2.45) is 0 Å². The van der Waals surface area contributed by atoms with Gasteiger partial charge in [0.05, 0.1) is 18.3 Å². The summed E-state index contributed by atoms with van der Waals surface area (Å²) in [7, 11) is 1.66. The second-order valence-electron chi connectivity index (χ2n) is 7.24. The highest BCUT2D eigenvalue weighted by Gasteiger charge is 2.09. The number of anilines is 2. The summed E-state index contributed by atoms with van der Waals surface area (Å²) >= 11 is 0. The number of benzene rings is 2. The van der Waals surface area contributed by atoms with Crippen molar-refractivity contribution in [2.45, 2.75) is 6.92 Å². The standard InChI is InChI=1S/C26H27N5O.3ClH/c1-3-31(21-10-5-4-6-11-21)18-17-28-26-23-19-22(32-2)13-14-24(23)29-25(30-26)15-12-20-9-7-8-16-27-20;;;/h4-16,19H,3,17-18H2,1-2H3,(H,28,29,30);3*1H/b15-12+;;;. The van der Waals surface area contributed by atoms with Crippen LogP contribution in [0, 0.1) is 0 Å². The number of para-hydroxylation sites is 1. The lowest BCUT2D eigenvalue weighted by Gasteiger charge is -2.23. The molecule has 4 rings (SSSR count). The number of hydrogen-bond donors (Lipinski definition) is 1. The molecule has 0 unspecified atom stereocenters. The Morgan fingerprint density at radius 1 is 0.914 bits per heavy atom. The SMILES string of the molecule is CCN(CCNc1nc(/C=C/c2ccccn2)nc2ccc(OC)cc12)c1ccccc1.Cl.Cl.Cl. The lowest BCUT2D eigenvalue weighted by Crippen LogP contribution is -2.28. The van der Waals surface area contributed by atoms with Gasteiger partial charge in [-0.25, -0.2) is 9.97 Å². The predicted molar refractivity (Wildman–Crippen MR) is 154 cm³/mol. The van der Waals surface area contributed by atoms with Crippen LogP contribution in [-0.2, 0) is 0 Å². The fourth-order valence-corrected chi connectivity index (χ4v) is 3.51. The maximum absolute atomic E-state index is 5.42. The number of nitrogens with one attached hydrogen (secondary N) is 1. The van der Waals surface area contributed by atoms with Crippen LogP contribution in [0.4, 0.5) is 11.5 Å². The Kier molecular flexibility index (Phi) is 12.9. The molecule has 0 radical (unpaired) electrons. The summed E-state index contributed by atoms with van der Waals surface area (Å²) in [5.74, 6) is 2.20. The van der Waals surface area contributed by atoms with Gasteiger partial charge in [0.25, 0.3) is 0 Å². The van der Waals surface area contributed by atoms with Crippen LogP contribution in [0.25, 0.3) is 23.1 Å². The molecule has 35 heavy (non-hydrogen) atoms. The first-order valence-corrected chi connectivity index (χ1v) is 10.8. The first-order valence-electron chi connectivity index (χ1n) is 10.8. The second-order valence-corrected chi connectivity index (χ2v) is 7.24. The van der Waals surface area contributed by atoms with Crippen molar-refractivity contribution in [2.75, 3.05) is 37.0 Å². The maximum Gasteiger partial charge on any atom is 0.155 e. The lowest BCUT2D eigenvalue weighted by molar-refractivity contribution is 0.415. The number of ether oxygens (including phenoxy) is 1. The molecule has 0 spiro atoms. The van der Waals surface area contributed by atoms with Crippen LogP contribution in [0.15, 0.2) is 72.9 Å². The molecule has 0 saturated heterocycles. The van der Waals surface area contributed by atoms with Gasteiger partial charge in [-0.2, -0.15) is 0 Å². The van der Waals surface area contributed by atoms with E-state index in [0.717, 1.165) is 47.8 Å². The summed E-state index contributed by atoms with van der Waals surface area (Å²) in [5, 5.41) is 4.45. The van der Waals surface area contributed by atoms with Gasteiger partial charge in [0.2, 0.25) is 0 Å². The molecule has 0 bridgehead atoms. The van der Waals surface area contributed by atoms with Gasteiger partial charge in [-0.3, -0.25) is 4.98 Å². The smallest absolute Gasteiger partial charge is 0.155 e. The summed E-state index contributed by atoms with van der Waals surface area (Å²) < 4.78 is 5.42. The van der Waals surface area contributed by atoms with Gasteiger partial charge in [0, 0.05) is 36.9 Å². The molecule has 186 valence electrons. The molecule has 0 fully saturated rings. The molecule has 0 amide bonds. The van der Waals surface area contributed by atoms with Gasteiger partial charge >= 0.3 is 0 Å². The van der Waals surface area contributed by atoms with Crippen LogP contribution in [0.2, 0.25) is 0 Å². The minimum atomic E-state index is 0. The minimum Gasteiger partial charge on any atom is -0.497 e. The minimum absolute atomic E-state index is 0. The Bertz CT molecular complexity index is 1190. The van der Waals surface area contributed by atoms with E-state index in [9.17, 15) is 0 Å². The molecule has 1 N–H and O–H groups in total. The topological polar surface area (TPSA) is 63.2 Å². The van der Waals surface area contributed by atoms with E-state index in [1.165, 1.54) is 5.69 Å². The summed E-state index contributed by atoms with van der Waals surface area (Å²) in [4.78, 5) is 16.1. The second kappa shape index (κ2) is 15.0. The van der Waals surface area contributed by atoms with Gasteiger partial charge in [-0.15, -0.1) is 37.2 Å². The van der Waals surface area contributed by atoms with Crippen molar-refractivity contribution in [1.29, 1.82) is 0 Å². The van der Waals surface area contributed by atoms with E-state index in [2.05, 4.69) is 46.4 Å². The third-order valence-corrected chi connectivity index (χ3v) is 5.19. The molecule has 2 heterocycles. The summed E-state index contributed by atoms with van der Waals surface area (Å²) in [6.07, 6.45) is 5.58. The fraction of sp³-hybridized carbons (Fsp3) is 0.192. The monoisotopic (exact) mass is 533 g/mol. The molecule has 0 atom stereocenters. The van der Waals surface area contributed by atoms with Crippen molar-refractivity contribution >= 4 is 71.8 Å². The third-order valence-electron chi connectivity index (χ3n) is 5.19. The highest BCUT2D eigenvalue weighted by Crippen LogP contribution is 2.26. The quantitative estimate of drug-likeness (QED) is 0.268. The third kappa shape index (κ3) is 7.99. The van der Waals surface area contributed by atoms with Crippen molar-refractivity contribution < 1.29 is 4.74 Å². The average molecular weight is 535 g/mol. The highest BCUT2D eigenvalue weighted by molar-refractivity contribution is 5.91. The highest BCUT2D eigenvalue weighted by atomic mass is 35.5. The number of methoxy groups -OCH3 is 1. The Labute approximate surface area is 225 Å². The predicted octanol–water partition coefficient (Wildman–Crippen LogP) is 6.41. The zero-order chi connectivity index (χ0) is 22.2. The van der Waals surface area contributed by atoms with Crippen molar-refractivity contribution in [3.05, 3.63) is 84.4 Å². The van der Waals surface area contributed by atoms with E-state index in [0.29, 0.717) is 5.82 Å². The van der Waals surface area contributed by atoms with Crippen LogP contribution in [0.5, 0.6) is 5.75 Å². The molecule has 0 aliphatic carbocycles. The molecular formula is C26H30Cl3N5O. The molecule has 0 saturated carbocycles. The van der Waals surface area contributed by atoms with Crippen molar-refractivity contribution in [1.82, 2.24) is 15.0 Å². The zero-order valence-electron chi connectivity index (χ0n) is 19.6. The van der Waals surface area contributed by atoms with E-state index < -0.39 is 0 Å². The molecule has 2 aromatic heterocycles. The van der Waals surface area contributed by atoms with E-state index in [-0.39, 0.29) is 37.2 Å². The van der Waals surface area contributed by atoms with Crippen LogP contribution in [0.3, 0.4) is 0 Å². The van der Waals surface area contributed by atoms with Crippen LogP contribution in [-0.4, -0.2) is 41.7 Å². The summed E-state index contributed by atoms with van der Waals surface area (Å²) in [5.41, 5.74) is 2.94. The molecular weight excluding hydrogens is 505 g/mol. The first-order chi connectivity index (χ1) is 15.8. The summed E-state index contributed by atoms with van der Waals surface area (Å²) in [6.45, 7) is 4.70. The van der Waals surface area contributed by atoms with Gasteiger partial charge in [-0.1, -0.05) is 24.3 Å². The van der Waals surface area contributed by atoms with Crippen LogP contribution >= 0.6 is 37.2 Å². The van der Waals surface area contributed by atoms with E-state index in [1.54, 1.807) is 13.3 Å². The average Bonchev–Trinajstić information content (AvgIpc) is 2.86. The molecule has 9 heteroatoms. The molecule has 6 nitrogen and oxygen atoms in total. The van der Waals surface area contributed by atoms with E-state index in [4.69, 9.17) is 14.7 Å². The Hall–Kier alpha value is -3.06. The first kappa shape index (κ1) is 30.0. The number of nitrogens with zero attached hydrogens (tertiary/aromatic N) is 4. The van der Waals surface area contributed by atoms with Crippen LogP contribution < -0.4 is 15.0 Å². The van der Waals surface area contributed by atoms with Gasteiger partial charge in [0.1, 0.15) is 11.6 Å². The number of hydrogen-bond acceptors (Lipinski definition) is 6. The number of fused-ring (bicyclic) bond motifs is 1. The number of aromatic nitrogens is 3. The number of halogens is 3. The number of pyridine rings is 1. The van der Waals surface area contributed by atoms with Gasteiger partial charge < -0.3 is 15.0 Å². The molecule has 0 aliphatic heterocycles. The Morgan fingerprint density at radius 3 is 2.37 bits per heavy atom. The van der Waals surface area contributed by atoms with Gasteiger partial charge in [0.15, 0.2) is 5.82 Å². The van der Waals surface area contributed by atoms with Crippen LogP contribution in [0.1, 0.15) is 18.4 Å². The Morgan fingerprint density at radius 2 is 1.69 bits per heavy atom. The number of rotatable bonds is 9.